The van der Waals surface area contributed by atoms with Gasteiger partial charge in [-0.05, 0) is 45.9 Å². The summed E-state index contributed by atoms with van der Waals surface area (Å²) < 4.78 is 0. The quantitative estimate of drug-likeness (QED) is 0.663. The molecule has 1 fully saturated rings. The molecule has 1 atom stereocenters. The SMILES string of the molecule is CCNCCCCN1CCN(C)C(CC)C1. The Hall–Kier alpha value is -0.120. The smallest absolute Gasteiger partial charge is 0.0218 e. The number of nitrogens with zero attached hydrogens (tertiary/aromatic N) is 2. The molecule has 0 aliphatic carbocycles. The van der Waals surface area contributed by atoms with Crippen LogP contribution in [0.15, 0.2) is 0 Å². The third-order valence-electron chi connectivity index (χ3n) is 3.66. The van der Waals surface area contributed by atoms with Crippen LogP contribution in [0.2, 0.25) is 0 Å². The van der Waals surface area contributed by atoms with Crippen LogP contribution in [0.1, 0.15) is 33.1 Å². The molecule has 0 amide bonds. The van der Waals surface area contributed by atoms with E-state index in [1.807, 2.05) is 0 Å². The van der Waals surface area contributed by atoms with Gasteiger partial charge in [-0.2, -0.15) is 0 Å². The lowest BCUT2D eigenvalue weighted by molar-refractivity contribution is 0.0921. The van der Waals surface area contributed by atoms with Crippen molar-refractivity contribution >= 4 is 0 Å². The average Bonchev–Trinajstić information content (AvgIpc) is 2.31. The topological polar surface area (TPSA) is 18.5 Å². The number of hydrogen-bond donors (Lipinski definition) is 1. The summed E-state index contributed by atoms with van der Waals surface area (Å²) in [6.07, 6.45) is 3.94. The highest BCUT2D eigenvalue weighted by Gasteiger charge is 2.21. The molecule has 3 nitrogen and oxygen atoms in total. The van der Waals surface area contributed by atoms with Crippen LogP contribution in [0.25, 0.3) is 0 Å². The van der Waals surface area contributed by atoms with Gasteiger partial charge in [0, 0.05) is 25.7 Å². The van der Waals surface area contributed by atoms with E-state index in [1.54, 1.807) is 0 Å². The Morgan fingerprint density at radius 2 is 2.00 bits per heavy atom. The molecule has 1 heterocycles. The Labute approximate surface area is 101 Å². The van der Waals surface area contributed by atoms with Crippen molar-refractivity contribution in [2.24, 2.45) is 0 Å². The highest BCUT2D eigenvalue weighted by Crippen LogP contribution is 2.11. The van der Waals surface area contributed by atoms with Crippen LogP contribution >= 0.6 is 0 Å². The minimum absolute atomic E-state index is 0.780. The lowest BCUT2D eigenvalue weighted by Gasteiger charge is -2.39. The van der Waals surface area contributed by atoms with Gasteiger partial charge in [-0.15, -0.1) is 0 Å². The molecule has 0 aromatic rings. The molecule has 1 saturated heterocycles. The Kier molecular flexibility index (Phi) is 7.01. The van der Waals surface area contributed by atoms with Crippen molar-refractivity contribution in [3.8, 4) is 0 Å². The molecule has 0 spiro atoms. The molecule has 0 radical (unpaired) electrons. The van der Waals surface area contributed by atoms with Gasteiger partial charge in [0.2, 0.25) is 0 Å². The van der Waals surface area contributed by atoms with Gasteiger partial charge in [-0.25, -0.2) is 0 Å². The first-order chi connectivity index (χ1) is 7.77. The van der Waals surface area contributed by atoms with Crippen molar-refractivity contribution in [2.45, 2.75) is 39.2 Å². The highest BCUT2D eigenvalue weighted by molar-refractivity contribution is 4.78. The molecule has 0 aromatic carbocycles. The molecule has 0 bridgehead atoms. The van der Waals surface area contributed by atoms with Crippen molar-refractivity contribution in [1.82, 2.24) is 15.1 Å². The maximum Gasteiger partial charge on any atom is 0.0218 e. The van der Waals surface area contributed by atoms with Gasteiger partial charge in [-0.3, -0.25) is 0 Å². The van der Waals surface area contributed by atoms with Gasteiger partial charge in [0.25, 0.3) is 0 Å². The van der Waals surface area contributed by atoms with Crippen LogP contribution in [0.5, 0.6) is 0 Å². The van der Waals surface area contributed by atoms with Gasteiger partial charge in [0.05, 0.1) is 0 Å². The first-order valence-electron chi connectivity index (χ1n) is 6.91. The van der Waals surface area contributed by atoms with Gasteiger partial charge in [-0.1, -0.05) is 13.8 Å². The van der Waals surface area contributed by atoms with Crippen molar-refractivity contribution in [1.29, 1.82) is 0 Å². The Bertz CT molecular complexity index is 173. The maximum atomic E-state index is 3.39. The average molecular weight is 227 g/mol. The minimum atomic E-state index is 0.780. The van der Waals surface area contributed by atoms with Crippen molar-refractivity contribution in [2.75, 3.05) is 46.3 Å². The van der Waals surface area contributed by atoms with E-state index in [2.05, 4.69) is 36.0 Å². The van der Waals surface area contributed by atoms with Crippen LogP contribution in [-0.2, 0) is 0 Å². The monoisotopic (exact) mass is 227 g/mol. The van der Waals surface area contributed by atoms with Gasteiger partial charge in [0.15, 0.2) is 0 Å². The summed E-state index contributed by atoms with van der Waals surface area (Å²) >= 11 is 0. The normalized spacial score (nSPS) is 23.8. The van der Waals surface area contributed by atoms with E-state index < -0.39 is 0 Å². The number of nitrogens with one attached hydrogen (secondary N) is 1. The van der Waals surface area contributed by atoms with Crippen molar-refractivity contribution in [3.05, 3.63) is 0 Å². The van der Waals surface area contributed by atoms with E-state index in [-0.39, 0.29) is 0 Å². The minimum Gasteiger partial charge on any atom is -0.317 e. The second kappa shape index (κ2) is 8.04. The van der Waals surface area contributed by atoms with Crippen LogP contribution in [0.3, 0.4) is 0 Å². The van der Waals surface area contributed by atoms with Gasteiger partial charge < -0.3 is 15.1 Å². The molecular formula is C13H29N3. The standard InChI is InChI=1S/C13H29N3/c1-4-13-12-16(11-10-15(13)3)9-7-6-8-14-5-2/h13-14H,4-12H2,1-3H3. The fourth-order valence-corrected chi connectivity index (χ4v) is 2.42. The summed E-state index contributed by atoms with van der Waals surface area (Å²) in [4.78, 5) is 5.15. The number of rotatable bonds is 7. The van der Waals surface area contributed by atoms with E-state index in [1.165, 1.54) is 52.0 Å². The molecule has 1 N–H and O–H groups in total. The lowest BCUT2D eigenvalue weighted by Crippen LogP contribution is -2.51. The summed E-state index contributed by atoms with van der Waals surface area (Å²) in [6, 6.07) is 0.780. The van der Waals surface area contributed by atoms with E-state index in [4.69, 9.17) is 0 Å². The van der Waals surface area contributed by atoms with E-state index in [0.717, 1.165) is 12.6 Å². The molecule has 16 heavy (non-hydrogen) atoms. The number of piperazine rings is 1. The molecule has 0 aromatic heterocycles. The third kappa shape index (κ3) is 4.81. The largest absolute Gasteiger partial charge is 0.317 e. The summed E-state index contributed by atoms with van der Waals surface area (Å²) in [6.45, 7) is 11.8. The van der Waals surface area contributed by atoms with Crippen molar-refractivity contribution < 1.29 is 0 Å². The second-order valence-electron chi connectivity index (χ2n) is 4.90. The van der Waals surface area contributed by atoms with E-state index in [9.17, 15) is 0 Å². The van der Waals surface area contributed by atoms with E-state index >= 15 is 0 Å². The number of unbranched alkanes of at least 4 members (excludes halogenated alkanes) is 1. The highest BCUT2D eigenvalue weighted by atomic mass is 15.3. The van der Waals surface area contributed by atoms with Gasteiger partial charge >= 0.3 is 0 Å². The van der Waals surface area contributed by atoms with Crippen molar-refractivity contribution in [3.63, 3.8) is 0 Å². The fourth-order valence-electron chi connectivity index (χ4n) is 2.42. The second-order valence-corrected chi connectivity index (χ2v) is 4.90. The number of likely N-dealkylation sites (N-methyl/N-ethyl adjacent to an activating group) is 1. The fraction of sp³-hybridized carbons (Fsp3) is 1.00. The van der Waals surface area contributed by atoms with Crippen LogP contribution < -0.4 is 5.32 Å². The summed E-state index contributed by atoms with van der Waals surface area (Å²) in [7, 11) is 2.26. The Morgan fingerprint density at radius 3 is 2.69 bits per heavy atom. The molecule has 96 valence electrons. The summed E-state index contributed by atoms with van der Waals surface area (Å²) in [5, 5.41) is 3.39. The first kappa shape index (κ1) is 13.9. The lowest BCUT2D eigenvalue weighted by atomic mass is 10.1. The zero-order valence-electron chi connectivity index (χ0n) is 11.3. The molecule has 1 rings (SSSR count). The maximum absolute atomic E-state index is 3.39. The molecule has 1 unspecified atom stereocenters. The van der Waals surface area contributed by atoms with Crippen LogP contribution in [-0.4, -0.2) is 62.2 Å². The first-order valence-corrected chi connectivity index (χ1v) is 6.91. The molecule has 0 saturated carbocycles. The zero-order valence-corrected chi connectivity index (χ0v) is 11.3. The third-order valence-corrected chi connectivity index (χ3v) is 3.66. The Morgan fingerprint density at radius 1 is 1.19 bits per heavy atom. The van der Waals surface area contributed by atoms with Crippen LogP contribution in [0, 0.1) is 0 Å². The summed E-state index contributed by atoms with van der Waals surface area (Å²) in [5.74, 6) is 0. The van der Waals surface area contributed by atoms with E-state index in [0.29, 0.717) is 0 Å². The zero-order chi connectivity index (χ0) is 11.8. The molecule has 1 aliphatic rings. The molecule has 3 heteroatoms. The Balaban J connectivity index is 2.08. The number of hydrogen-bond acceptors (Lipinski definition) is 3. The predicted octanol–water partition coefficient (Wildman–Crippen LogP) is 1.40. The summed E-state index contributed by atoms with van der Waals surface area (Å²) in [5.41, 5.74) is 0. The predicted molar refractivity (Wildman–Crippen MR) is 70.9 cm³/mol. The van der Waals surface area contributed by atoms with Crippen LogP contribution in [0.4, 0.5) is 0 Å². The van der Waals surface area contributed by atoms with Gasteiger partial charge in [0.1, 0.15) is 0 Å². The molecular weight excluding hydrogens is 198 g/mol. The molecule has 1 aliphatic heterocycles.